The average molecular weight is 274 g/mol. The number of benzene rings is 1. The number of carbonyl (C=O) groups is 1. The monoisotopic (exact) mass is 274 g/mol. The number of aromatic carboxylic acids is 1. The van der Waals surface area contributed by atoms with E-state index in [-0.39, 0.29) is 5.56 Å². The van der Waals surface area contributed by atoms with Crippen LogP contribution in [0.2, 0.25) is 0 Å². The second-order valence-corrected chi connectivity index (χ2v) is 4.63. The number of carboxylic acid groups (broad SMARTS) is 1. The summed E-state index contributed by atoms with van der Waals surface area (Å²) in [5, 5.41) is 9.71. The maximum atomic E-state index is 10.9. The van der Waals surface area contributed by atoms with Gasteiger partial charge < -0.3 is 9.84 Å². The summed E-state index contributed by atoms with van der Waals surface area (Å²) >= 11 is 0. The van der Waals surface area contributed by atoms with Crippen molar-refractivity contribution in [2.24, 2.45) is 0 Å². The van der Waals surface area contributed by atoms with Gasteiger partial charge in [-0.05, 0) is 24.6 Å². The number of hydrogen-bond acceptors (Lipinski definition) is 4. The number of aromatic nitrogens is 2. The highest BCUT2D eigenvalue weighted by Gasteiger charge is 2.08. The summed E-state index contributed by atoms with van der Waals surface area (Å²) in [6, 6.07) is 4.77. The van der Waals surface area contributed by atoms with Crippen LogP contribution in [-0.4, -0.2) is 27.7 Å². The number of ether oxygens (including phenoxy) is 1. The van der Waals surface area contributed by atoms with Crippen molar-refractivity contribution in [2.75, 3.05) is 6.61 Å². The Labute approximate surface area is 117 Å². The Morgan fingerprint density at radius 3 is 2.85 bits per heavy atom. The molecule has 0 aliphatic rings. The fraction of sp³-hybridized carbons (Fsp3) is 0.400. The van der Waals surface area contributed by atoms with E-state index in [0.717, 1.165) is 18.2 Å². The standard InChI is InChI=1S/C15H18N2O3/c1-2-3-4-5-8-20-14-12-7-6-11(15(18)19)9-13(12)16-10-17-14/h6-7,9-10H,2-5,8H2,1H3,(H,18,19). The lowest BCUT2D eigenvalue weighted by Gasteiger charge is -2.07. The van der Waals surface area contributed by atoms with Crippen molar-refractivity contribution < 1.29 is 14.6 Å². The first-order valence-electron chi connectivity index (χ1n) is 6.83. The molecular weight excluding hydrogens is 256 g/mol. The average Bonchev–Trinajstić information content (AvgIpc) is 2.46. The molecule has 0 unspecified atom stereocenters. The second kappa shape index (κ2) is 6.84. The molecule has 0 radical (unpaired) electrons. The number of carboxylic acids is 1. The predicted octanol–water partition coefficient (Wildman–Crippen LogP) is 3.29. The molecule has 5 nitrogen and oxygen atoms in total. The highest BCUT2D eigenvalue weighted by atomic mass is 16.5. The van der Waals surface area contributed by atoms with Gasteiger partial charge >= 0.3 is 5.97 Å². The zero-order valence-electron chi connectivity index (χ0n) is 11.5. The maximum absolute atomic E-state index is 10.9. The minimum atomic E-state index is -0.965. The Balaban J connectivity index is 2.11. The van der Waals surface area contributed by atoms with Crippen LogP contribution in [0.25, 0.3) is 10.9 Å². The SMILES string of the molecule is CCCCCCOc1ncnc2cc(C(=O)O)ccc12. The molecule has 5 heteroatoms. The third-order valence-electron chi connectivity index (χ3n) is 3.08. The summed E-state index contributed by atoms with van der Waals surface area (Å²) in [5.41, 5.74) is 0.800. The summed E-state index contributed by atoms with van der Waals surface area (Å²) in [7, 11) is 0. The Morgan fingerprint density at radius 1 is 1.25 bits per heavy atom. The van der Waals surface area contributed by atoms with Crippen LogP contribution in [0.1, 0.15) is 43.0 Å². The van der Waals surface area contributed by atoms with Crippen molar-refractivity contribution >= 4 is 16.9 Å². The van der Waals surface area contributed by atoms with Crippen molar-refractivity contribution in [3.05, 3.63) is 30.1 Å². The number of rotatable bonds is 7. The molecule has 2 rings (SSSR count). The van der Waals surface area contributed by atoms with E-state index in [1.807, 2.05) is 0 Å². The molecule has 0 spiro atoms. The quantitative estimate of drug-likeness (QED) is 0.784. The van der Waals surface area contributed by atoms with Crippen molar-refractivity contribution in [2.45, 2.75) is 32.6 Å². The van der Waals surface area contributed by atoms with Crippen LogP contribution in [0.4, 0.5) is 0 Å². The Hall–Kier alpha value is -2.17. The highest BCUT2D eigenvalue weighted by Crippen LogP contribution is 2.22. The number of nitrogens with zero attached hydrogens (tertiary/aromatic N) is 2. The molecule has 0 aliphatic carbocycles. The Morgan fingerprint density at radius 2 is 2.10 bits per heavy atom. The van der Waals surface area contributed by atoms with E-state index >= 15 is 0 Å². The van der Waals surface area contributed by atoms with Gasteiger partial charge in [-0.25, -0.2) is 14.8 Å². The Kier molecular flexibility index (Phi) is 4.87. The molecule has 0 bridgehead atoms. The van der Waals surface area contributed by atoms with Gasteiger partial charge in [-0.2, -0.15) is 0 Å². The van der Waals surface area contributed by atoms with Crippen molar-refractivity contribution in [1.29, 1.82) is 0 Å². The van der Waals surface area contributed by atoms with Gasteiger partial charge in [0.2, 0.25) is 5.88 Å². The molecule has 1 heterocycles. The molecule has 0 atom stereocenters. The number of hydrogen-bond donors (Lipinski definition) is 1. The molecule has 0 fully saturated rings. The maximum Gasteiger partial charge on any atom is 0.335 e. The minimum Gasteiger partial charge on any atom is -0.478 e. The summed E-state index contributed by atoms with van der Waals surface area (Å²) < 4.78 is 5.67. The van der Waals surface area contributed by atoms with Gasteiger partial charge in [0.1, 0.15) is 6.33 Å². The first kappa shape index (κ1) is 14.2. The van der Waals surface area contributed by atoms with Gasteiger partial charge in [-0.3, -0.25) is 0 Å². The topological polar surface area (TPSA) is 72.3 Å². The van der Waals surface area contributed by atoms with Crippen LogP contribution in [0, 0.1) is 0 Å². The van der Waals surface area contributed by atoms with Crippen molar-refractivity contribution in [1.82, 2.24) is 9.97 Å². The number of unbranched alkanes of at least 4 members (excludes halogenated alkanes) is 3. The fourth-order valence-corrected chi connectivity index (χ4v) is 1.98. The summed E-state index contributed by atoms with van der Waals surface area (Å²) in [6.07, 6.45) is 5.93. The third kappa shape index (κ3) is 3.44. The zero-order chi connectivity index (χ0) is 14.4. The van der Waals surface area contributed by atoms with E-state index < -0.39 is 5.97 Å². The van der Waals surface area contributed by atoms with E-state index in [9.17, 15) is 4.79 Å². The van der Waals surface area contributed by atoms with Gasteiger partial charge in [0, 0.05) is 0 Å². The van der Waals surface area contributed by atoms with Gasteiger partial charge in [0.15, 0.2) is 0 Å². The predicted molar refractivity (Wildman–Crippen MR) is 76.1 cm³/mol. The zero-order valence-corrected chi connectivity index (χ0v) is 11.5. The molecule has 0 amide bonds. The summed E-state index contributed by atoms with van der Waals surface area (Å²) in [5.74, 6) is -0.448. The van der Waals surface area contributed by atoms with Crippen molar-refractivity contribution in [3.8, 4) is 5.88 Å². The third-order valence-corrected chi connectivity index (χ3v) is 3.08. The molecule has 20 heavy (non-hydrogen) atoms. The highest BCUT2D eigenvalue weighted by molar-refractivity contribution is 5.94. The molecule has 0 aliphatic heterocycles. The Bertz CT molecular complexity index is 599. The lowest BCUT2D eigenvalue weighted by molar-refractivity contribution is 0.0697. The van der Waals surface area contributed by atoms with E-state index in [4.69, 9.17) is 9.84 Å². The summed E-state index contributed by atoms with van der Waals surface area (Å²) in [6.45, 7) is 2.78. The molecule has 1 aromatic heterocycles. The molecule has 2 aromatic rings. The van der Waals surface area contributed by atoms with Crippen LogP contribution < -0.4 is 4.74 Å². The first-order valence-corrected chi connectivity index (χ1v) is 6.83. The van der Waals surface area contributed by atoms with Crippen LogP contribution in [0.5, 0.6) is 5.88 Å². The smallest absolute Gasteiger partial charge is 0.335 e. The number of fused-ring (bicyclic) bond motifs is 1. The lowest BCUT2D eigenvalue weighted by Crippen LogP contribution is -2.01. The minimum absolute atomic E-state index is 0.213. The van der Waals surface area contributed by atoms with Gasteiger partial charge in [0.05, 0.1) is 23.1 Å². The molecule has 0 saturated heterocycles. The first-order chi connectivity index (χ1) is 9.72. The lowest BCUT2D eigenvalue weighted by atomic mass is 10.1. The van der Waals surface area contributed by atoms with Crippen molar-refractivity contribution in [3.63, 3.8) is 0 Å². The van der Waals surface area contributed by atoms with Crippen LogP contribution in [0.15, 0.2) is 24.5 Å². The van der Waals surface area contributed by atoms with Gasteiger partial charge in [-0.1, -0.05) is 26.2 Å². The normalized spacial score (nSPS) is 10.7. The molecule has 1 aromatic carbocycles. The molecular formula is C15H18N2O3. The molecule has 0 saturated carbocycles. The van der Waals surface area contributed by atoms with E-state index in [1.165, 1.54) is 31.3 Å². The van der Waals surface area contributed by atoms with Crippen LogP contribution in [0.3, 0.4) is 0 Å². The molecule has 1 N–H and O–H groups in total. The summed E-state index contributed by atoms with van der Waals surface area (Å²) in [4.78, 5) is 19.1. The van der Waals surface area contributed by atoms with Gasteiger partial charge in [0.25, 0.3) is 0 Å². The largest absolute Gasteiger partial charge is 0.478 e. The van der Waals surface area contributed by atoms with Crippen LogP contribution in [-0.2, 0) is 0 Å². The van der Waals surface area contributed by atoms with E-state index in [0.29, 0.717) is 18.0 Å². The van der Waals surface area contributed by atoms with Crippen LogP contribution >= 0.6 is 0 Å². The van der Waals surface area contributed by atoms with E-state index in [2.05, 4.69) is 16.9 Å². The van der Waals surface area contributed by atoms with Gasteiger partial charge in [-0.15, -0.1) is 0 Å². The van der Waals surface area contributed by atoms with E-state index in [1.54, 1.807) is 6.07 Å². The molecule has 106 valence electrons. The second-order valence-electron chi connectivity index (χ2n) is 4.63. The fourth-order valence-electron chi connectivity index (χ4n) is 1.98.